The number of rotatable bonds is 7. The van der Waals surface area contributed by atoms with Crippen molar-refractivity contribution < 1.29 is 9.47 Å². The molecule has 0 bridgehead atoms. The van der Waals surface area contributed by atoms with Gasteiger partial charge in [0, 0.05) is 19.7 Å². The predicted octanol–water partition coefficient (Wildman–Crippen LogP) is 1.91. The van der Waals surface area contributed by atoms with E-state index in [9.17, 15) is 0 Å². The highest BCUT2D eigenvalue weighted by molar-refractivity contribution is 5.28. The summed E-state index contributed by atoms with van der Waals surface area (Å²) < 4.78 is 13.0. The van der Waals surface area contributed by atoms with Gasteiger partial charge in [-0.3, -0.25) is 0 Å². The first-order valence-corrected chi connectivity index (χ1v) is 6.69. The van der Waals surface area contributed by atoms with Crippen LogP contribution < -0.4 is 14.8 Å². The van der Waals surface area contributed by atoms with Gasteiger partial charge in [0.1, 0.15) is 19.0 Å². The number of aromatic nitrogens is 2. The lowest BCUT2D eigenvalue weighted by Gasteiger charge is -2.09. The van der Waals surface area contributed by atoms with E-state index in [-0.39, 0.29) is 0 Å². The number of nitrogens with zero attached hydrogens (tertiary/aromatic N) is 2. The van der Waals surface area contributed by atoms with Crippen LogP contribution in [0.1, 0.15) is 11.3 Å². The summed E-state index contributed by atoms with van der Waals surface area (Å²) in [5.74, 6) is 1.62. The molecule has 5 nitrogen and oxygen atoms in total. The summed E-state index contributed by atoms with van der Waals surface area (Å²) in [5, 5.41) is 7.34. The van der Waals surface area contributed by atoms with Crippen LogP contribution in [0.15, 0.2) is 30.3 Å². The van der Waals surface area contributed by atoms with Crippen LogP contribution in [-0.2, 0) is 13.6 Å². The Bertz CT molecular complexity index is 552. The van der Waals surface area contributed by atoms with Gasteiger partial charge < -0.3 is 14.8 Å². The molecule has 0 atom stereocenters. The summed E-state index contributed by atoms with van der Waals surface area (Å²) in [6.07, 6.45) is 0. The third kappa shape index (κ3) is 3.99. The van der Waals surface area contributed by atoms with Crippen molar-refractivity contribution in [2.45, 2.75) is 13.5 Å². The molecule has 2 rings (SSSR count). The van der Waals surface area contributed by atoms with Gasteiger partial charge in [0.15, 0.2) is 0 Å². The molecule has 1 heterocycles. The Labute approximate surface area is 119 Å². The maximum atomic E-state index is 5.68. The van der Waals surface area contributed by atoms with Gasteiger partial charge in [0.25, 0.3) is 0 Å². The van der Waals surface area contributed by atoms with E-state index in [1.54, 1.807) is 4.68 Å². The smallest absolute Gasteiger partial charge is 0.211 e. The van der Waals surface area contributed by atoms with E-state index in [0.29, 0.717) is 13.2 Å². The normalized spacial score (nSPS) is 10.6. The Morgan fingerprint density at radius 1 is 1.20 bits per heavy atom. The summed E-state index contributed by atoms with van der Waals surface area (Å²) in [5.41, 5.74) is 2.15. The van der Waals surface area contributed by atoms with Gasteiger partial charge >= 0.3 is 0 Å². The summed E-state index contributed by atoms with van der Waals surface area (Å²) in [6.45, 7) is 3.78. The van der Waals surface area contributed by atoms with Crippen LogP contribution in [-0.4, -0.2) is 30.0 Å². The second-order valence-corrected chi connectivity index (χ2v) is 4.62. The molecule has 20 heavy (non-hydrogen) atoms. The molecule has 0 amide bonds. The third-order valence-corrected chi connectivity index (χ3v) is 2.84. The van der Waals surface area contributed by atoms with E-state index in [0.717, 1.165) is 23.9 Å². The van der Waals surface area contributed by atoms with Gasteiger partial charge in [-0.05, 0) is 31.7 Å². The number of ether oxygens (including phenoxy) is 2. The van der Waals surface area contributed by atoms with Crippen LogP contribution in [0.5, 0.6) is 11.6 Å². The van der Waals surface area contributed by atoms with E-state index in [2.05, 4.69) is 16.5 Å². The van der Waals surface area contributed by atoms with Crippen molar-refractivity contribution in [3.05, 3.63) is 41.6 Å². The zero-order chi connectivity index (χ0) is 14.4. The number of benzene rings is 1. The van der Waals surface area contributed by atoms with E-state index in [1.165, 1.54) is 5.56 Å². The van der Waals surface area contributed by atoms with Gasteiger partial charge in [0.05, 0.1) is 5.69 Å². The molecule has 2 aromatic rings. The minimum Gasteiger partial charge on any atom is -0.490 e. The van der Waals surface area contributed by atoms with Crippen molar-refractivity contribution in [1.82, 2.24) is 15.1 Å². The van der Waals surface area contributed by atoms with E-state index in [1.807, 2.05) is 45.3 Å². The summed E-state index contributed by atoms with van der Waals surface area (Å²) in [7, 11) is 3.79. The van der Waals surface area contributed by atoms with E-state index in [4.69, 9.17) is 9.47 Å². The van der Waals surface area contributed by atoms with Gasteiger partial charge in [-0.25, -0.2) is 4.68 Å². The lowest BCUT2D eigenvalue weighted by molar-refractivity contribution is 0.206. The van der Waals surface area contributed by atoms with Crippen LogP contribution in [0.4, 0.5) is 0 Å². The van der Waals surface area contributed by atoms with Crippen molar-refractivity contribution in [2.75, 3.05) is 20.3 Å². The second kappa shape index (κ2) is 6.96. The molecule has 1 aromatic heterocycles. The Kier molecular flexibility index (Phi) is 5.01. The minimum absolute atomic E-state index is 0.495. The number of nitrogens with one attached hydrogen (secondary N) is 1. The minimum atomic E-state index is 0.495. The first kappa shape index (κ1) is 14.4. The van der Waals surface area contributed by atoms with Crippen LogP contribution in [0.25, 0.3) is 0 Å². The first-order chi connectivity index (χ1) is 9.69. The molecule has 0 aliphatic carbocycles. The number of hydrogen-bond acceptors (Lipinski definition) is 4. The fourth-order valence-electron chi connectivity index (χ4n) is 1.98. The molecular formula is C15H21N3O2. The summed E-state index contributed by atoms with van der Waals surface area (Å²) in [6, 6.07) is 9.96. The average Bonchev–Trinajstić information content (AvgIpc) is 2.74. The fraction of sp³-hybridized carbons (Fsp3) is 0.400. The summed E-state index contributed by atoms with van der Waals surface area (Å²) >= 11 is 0. The van der Waals surface area contributed by atoms with E-state index >= 15 is 0 Å². The maximum absolute atomic E-state index is 5.68. The predicted molar refractivity (Wildman–Crippen MR) is 78.1 cm³/mol. The standard InChI is InChI=1S/C15H21N3O2/c1-12-9-15(18(3)17-12)20-8-7-19-14-6-4-5-13(10-14)11-16-2/h4-6,9-10,16H,7-8,11H2,1-3H3. The highest BCUT2D eigenvalue weighted by atomic mass is 16.5. The molecule has 5 heteroatoms. The molecule has 0 radical (unpaired) electrons. The molecular weight excluding hydrogens is 254 g/mol. The molecule has 1 N–H and O–H groups in total. The molecule has 0 saturated carbocycles. The topological polar surface area (TPSA) is 48.3 Å². The third-order valence-electron chi connectivity index (χ3n) is 2.84. The SMILES string of the molecule is CNCc1cccc(OCCOc2cc(C)nn2C)c1. The van der Waals surface area contributed by atoms with Crippen molar-refractivity contribution in [1.29, 1.82) is 0 Å². The maximum Gasteiger partial charge on any atom is 0.211 e. The number of aryl methyl sites for hydroxylation is 2. The highest BCUT2D eigenvalue weighted by Crippen LogP contribution is 2.14. The van der Waals surface area contributed by atoms with Crippen LogP contribution in [0.3, 0.4) is 0 Å². The van der Waals surface area contributed by atoms with Gasteiger partial charge in [0.2, 0.25) is 5.88 Å². The van der Waals surface area contributed by atoms with Crippen molar-refractivity contribution in [3.8, 4) is 11.6 Å². The molecule has 0 aliphatic rings. The highest BCUT2D eigenvalue weighted by Gasteiger charge is 2.02. The van der Waals surface area contributed by atoms with Gasteiger partial charge in [-0.15, -0.1) is 0 Å². The lowest BCUT2D eigenvalue weighted by atomic mass is 10.2. The molecule has 0 unspecified atom stereocenters. The molecule has 0 saturated heterocycles. The molecule has 0 fully saturated rings. The fourth-order valence-corrected chi connectivity index (χ4v) is 1.98. The first-order valence-electron chi connectivity index (χ1n) is 6.69. The van der Waals surface area contributed by atoms with Crippen molar-refractivity contribution in [2.24, 2.45) is 7.05 Å². The van der Waals surface area contributed by atoms with Crippen LogP contribution in [0.2, 0.25) is 0 Å². The van der Waals surface area contributed by atoms with Gasteiger partial charge in [-0.2, -0.15) is 5.10 Å². The molecule has 0 spiro atoms. The molecule has 1 aromatic carbocycles. The Morgan fingerprint density at radius 2 is 2.00 bits per heavy atom. The van der Waals surface area contributed by atoms with Crippen molar-refractivity contribution >= 4 is 0 Å². The zero-order valence-electron chi connectivity index (χ0n) is 12.2. The zero-order valence-corrected chi connectivity index (χ0v) is 12.2. The van der Waals surface area contributed by atoms with Crippen molar-refractivity contribution in [3.63, 3.8) is 0 Å². The number of hydrogen-bond donors (Lipinski definition) is 1. The Morgan fingerprint density at radius 3 is 2.70 bits per heavy atom. The monoisotopic (exact) mass is 275 g/mol. The Hall–Kier alpha value is -2.01. The molecule has 0 aliphatic heterocycles. The van der Waals surface area contributed by atoms with Crippen LogP contribution in [0, 0.1) is 6.92 Å². The van der Waals surface area contributed by atoms with Crippen LogP contribution >= 0.6 is 0 Å². The quantitative estimate of drug-likeness (QED) is 0.784. The lowest BCUT2D eigenvalue weighted by Crippen LogP contribution is -2.11. The Balaban J connectivity index is 1.78. The average molecular weight is 275 g/mol. The van der Waals surface area contributed by atoms with E-state index < -0.39 is 0 Å². The largest absolute Gasteiger partial charge is 0.490 e. The van der Waals surface area contributed by atoms with Gasteiger partial charge in [-0.1, -0.05) is 12.1 Å². The second-order valence-electron chi connectivity index (χ2n) is 4.62. The summed E-state index contributed by atoms with van der Waals surface area (Å²) in [4.78, 5) is 0. The molecule has 108 valence electrons.